The van der Waals surface area contributed by atoms with Crippen LogP contribution in [0.25, 0.3) is 11.0 Å². The molecule has 4 rings (SSSR count). The maximum Gasteiger partial charge on any atom is 0.323 e. The minimum absolute atomic E-state index is 0.100. The summed E-state index contributed by atoms with van der Waals surface area (Å²) < 4.78 is 0. The topological polar surface area (TPSA) is 113 Å². The average molecular weight is 422 g/mol. The average Bonchev–Trinajstić information content (AvgIpc) is 3.14. The van der Waals surface area contributed by atoms with Crippen LogP contribution in [0, 0.1) is 0 Å². The fourth-order valence-electron chi connectivity index (χ4n) is 3.96. The second kappa shape index (κ2) is 9.15. The van der Waals surface area contributed by atoms with E-state index >= 15 is 0 Å². The molecule has 3 aromatic rings. The van der Waals surface area contributed by atoms with Gasteiger partial charge in [-0.1, -0.05) is 30.3 Å². The number of fused-ring (bicyclic) bond motifs is 1. The van der Waals surface area contributed by atoms with Crippen molar-refractivity contribution < 1.29 is 9.59 Å². The number of nitrogens with zero attached hydrogens (tertiary/aromatic N) is 2. The molecular weight excluding hydrogens is 396 g/mol. The lowest BCUT2D eigenvalue weighted by Crippen LogP contribution is -2.59. The number of benzene rings is 2. The number of amides is 2. The first-order chi connectivity index (χ1) is 15.0. The SMILES string of the molecule is CNC(=O)[C@@H]1CN(Cc2ccccc2)CCN1CC(=O)Nc1ccc2[nH]c(=O)[nH]c2c1. The maximum atomic E-state index is 12.7. The molecule has 2 heterocycles. The van der Waals surface area contributed by atoms with E-state index in [2.05, 4.69) is 37.6 Å². The van der Waals surface area contributed by atoms with E-state index in [0.29, 0.717) is 29.8 Å². The first kappa shape index (κ1) is 20.8. The molecule has 2 aromatic carbocycles. The number of aromatic nitrogens is 2. The molecule has 162 valence electrons. The molecule has 0 aliphatic carbocycles. The van der Waals surface area contributed by atoms with Gasteiger partial charge in [0.15, 0.2) is 0 Å². The highest BCUT2D eigenvalue weighted by Crippen LogP contribution is 2.16. The van der Waals surface area contributed by atoms with E-state index in [9.17, 15) is 14.4 Å². The third-order valence-electron chi connectivity index (χ3n) is 5.52. The molecule has 1 saturated heterocycles. The van der Waals surface area contributed by atoms with Gasteiger partial charge >= 0.3 is 5.69 Å². The highest BCUT2D eigenvalue weighted by molar-refractivity contribution is 5.94. The van der Waals surface area contributed by atoms with Crippen LogP contribution in [0.1, 0.15) is 5.56 Å². The van der Waals surface area contributed by atoms with E-state index < -0.39 is 6.04 Å². The fourth-order valence-corrected chi connectivity index (χ4v) is 3.96. The number of hydrogen-bond acceptors (Lipinski definition) is 5. The third-order valence-corrected chi connectivity index (χ3v) is 5.52. The number of H-pyrrole nitrogens is 2. The number of carbonyl (C=O) groups is 2. The van der Waals surface area contributed by atoms with Crippen LogP contribution in [-0.2, 0) is 16.1 Å². The minimum atomic E-state index is -0.406. The van der Waals surface area contributed by atoms with Crippen molar-refractivity contribution in [2.75, 3.05) is 38.5 Å². The van der Waals surface area contributed by atoms with Crippen molar-refractivity contribution in [2.24, 2.45) is 0 Å². The van der Waals surface area contributed by atoms with Gasteiger partial charge in [-0.15, -0.1) is 0 Å². The first-order valence-corrected chi connectivity index (χ1v) is 10.3. The fraction of sp³-hybridized carbons (Fsp3) is 0.318. The monoisotopic (exact) mass is 422 g/mol. The summed E-state index contributed by atoms with van der Waals surface area (Å²) >= 11 is 0. The van der Waals surface area contributed by atoms with Crippen LogP contribution >= 0.6 is 0 Å². The summed E-state index contributed by atoms with van der Waals surface area (Å²) in [5.74, 6) is -0.306. The van der Waals surface area contributed by atoms with Crippen LogP contribution in [0.4, 0.5) is 5.69 Å². The Bertz CT molecular complexity index is 1120. The maximum absolute atomic E-state index is 12.7. The summed E-state index contributed by atoms with van der Waals surface area (Å²) in [6.07, 6.45) is 0. The highest BCUT2D eigenvalue weighted by Gasteiger charge is 2.32. The molecule has 0 spiro atoms. The Morgan fingerprint density at radius 3 is 2.61 bits per heavy atom. The van der Waals surface area contributed by atoms with Crippen molar-refractivity contribution in [1.29, 1.82) is 0 Å². The predicted octanol–water partition coefficient (Wildman–Crippen LogP) is 0.727. The number of nitrogens with one attached hydrogen (secondary N) is 4. The summed E-state index contributed by atoms with van der Waals surface area (Å²) in [6.45, 7) is 2.81. The van der Waals surface area contributed by atoms with Gasteiger partial charge in [-0.05, 0) is 23.8 Å². The second-order valence-corrected chi connectivity index (χ2v) is 7.71. The molecule has 1 aliphatic heterocycles. The van der Waals surface area contributed by atoms with Crippen molar-refractivity contribution in [1.82, 2.24) is 25.1 Å². The second-order valence-electron chi connectivity index (χ2n) is 7.71. The minimum Gasteiger partial charge on any atom is -0.358 e. The molecule has 1 fully saturated rings. The van der Waals surface area contributed by atoms with Gasteiger partial charge in [-0.2, -0.15) is 0 Å². The molecule has 0 bridgehead atoms. The van der Waals surface area contributed by atoms with Crippen LogP contribution in [0.15, 0.2) is 53.3 Å². The Hall–Kier alpha value is -3.43. The van der Waals surface area contributed by atoms with Gasteiger partial charge in [0.05, 0.1) is 17.6 Å². The van der Waals surface area contributed by atoms with Crippen LogP contribution < -0.4 is 16.3 Å². The quantitative estimate of drug-likeness (QED) is 0.468. The zero-order valence-electron chi connectivity index (χ0n) is 17.4. The number of anilines is 1. The van der Waals surface area contributed by atoms with E-state index in [4.69, 9.17) is 0 Å². The van der Waals surface area contributed by atoms with Crippen LogP contribution in [0.3, 0.4) is 0 Å². The van der Waals surface area contributed by atoms with Crippen molar-refractivity contribution in [2.45, 2.75) is 12.6 Å². The summed E-state index contributed by atoms with van der Waals surface area (Å²) in [7, 11) is 1.61. The number of likely N-dealkylation sites (N-methyl/N-ethyl adjacent to an activating group) is 1. The number of aromatic amines is 2. The van der Waals surface area contributed by atoms with Crippen molar-refractivity contribution in [3.63, 3.8) is 0 Å². The summed E-state index contributed by atoms with van der Waals surface area (Å²) in [5, 5.41) is 5.58. The van der Waals surface area contributed by atoms with E-state index in [1.54, 1.807) is 25.2 Å². The molecule has 0 saturated carbocycles. The Kier molecular flexibility index (Phi) is 6.15. The zero-order chi connectivity index (χ0) is 21.8. The molecule has 4 N–H and O–H groups in total. The third kappa shape index (κ3) is 5.01. The number of rotatable bonds is 6. The predicted molar refractivity (Wildman–Crippen MR) is 119 cm³/mol. The van der Waals surface area contributed by atoms with Gasteiger partial charge < -0.3 is 20.6 Å². The number of imidazole rings is 1. The van der Waals surface area contributed by atoms with Gasteiger partial charge in [0, 0.05) is 38.9 Å². The van der Waals surface area contributed by atoms with Crippen LogP contribution in [0.5, 0.6) is 0 Å². The smallest absolute Gasteiger partial charge is 0.323 e. The number of carbonyl (C=O) groups excluding carboxylic acids is 2. The van der Waals surface area contributed by atoms with Crippen molar-refractivity contribution in [3.8, 4) is 0 Å². The molecule has 0 unspecified atom stereocenters. The van der Waals surface area contributed by atoms with Crippen molar-refractivity contribution >= 4 is 28.5 Å². The Balaban J connectivity index is 1.40. The zero-order valence-corrected chi connectivity index (χ0v) is 17.4. The lowest BCUT2D eigenvalue weighted by atomic mass is 10.1. The first-order valence-electron chi connectivity index (χ1n) is 10.3. The van der Waals surface area contributed by atoms with Gasteiger partial charge in [0.2, 0.25) is 11.8 Å². The summed E-state index contributed by atoms with van der Waals surface area (Å²) in [4.78, 5) is 46.1. The molecule has 31 heavy (non-hydrogen) atoms. The van der Waals surface area contributed by atoms with Crippen LogP contribution in [-0.4, -0.2) is 70.9 Å². The highest BCUT2D eigenvalue weighted by atomic mass is 16.2. The molecule has 9 nitrogen and oxygen atoms in total. The standard InChI is InChI=1S/C22H26N6O3/c1-23-21(30)19-13-27(12-15-5-3-2-4-6-15)9-10-28(19)14-20(29)24-16-7-8-17-18(11-16)26-22(31)25-17/h2-8,11,19H,9-10,12-14H2,1H3,(H,23,30)(H,24,29)(H2,25,26,31)/t19-/m0/s1. The molecule has 1 aromatic heterocycles. The number of piperazine rings is 1. The Labute approximate surface area is 179 Å². The van der Waals surface area contributed by atoms with Gasteiger partial charge in [-0.3, -0.25) is 19.4 Å². The Morgan fingerprint density at radius 1 is 1.06 bits per heavy atom. The molecule has 2 amide bonds. The summed E-state index contributed by atoms with van der Waals surface area (Å²) in [5.41, 5.74) is 2.80. The van der Waals surface area contributed by atoms with Gasteiger partial charge in [-0.25, -0.2) is 4.79 Å². The largest absolute Gasteiger partial charge is 0.358 e. The van der Waals surface area contributed by atoms with Crippen LogP contribution in [0.2, 0.25) is 0 Å². The molecule has 1 atom stereocenters. The molecular formula is C22H26N6O3. The van der Waals surface area contributed by atoms with Crippen molar-refractivity contribution in [3.05, 3.63) is 64.6 Å². The number of hydrogen-bond donors (Lipinski definition) is 4. The van der Waals surface area contributed by atoms with E-state index in [0.717, 1.165) is 13.1 Å². The lowest BCUT2D eigenvalue weighted by molar-refractivity contribution is -0.130. The Morgan fingerprint density at radius 2 is 1.84 bits per heavy atom. The molecule has 0 radical (unpaired) electrons. The summed E-state index contributed by atoms with van der Waals surface area (Å²) in [6, 6.07) is 14.9. The molecule has 9 heteroatoms. The van der Waals surface area contributed by atoms with E-state index in [-0.39, 0.29) is 24.0 Å². The van der Waals surface area contributed by atoms with E-state index in [1.165, 1.54) is 5.56 Å². The lowest BCUT2D eigenvalue weighted by Gasteiger charge is -2.40. The molecule has 1 aliphatic rings. The van der Waals surface area contributed by atoms with Gasteiger partial charge in [0.25, 0.3) is 0 Å². The van der Waals surface area contributed by atoms with Gasteiger partial charge in [0.1, 0.15) is 6.04 Å². The van der Waals surface area contributed by atoms with E-state index in [1.807, 2.05) is 23.1 Å². The normalized spacial score (nSPS) is 17.5.